The quantitative estimate of drug-likeness (QED) is 0.912. The van der Waals surface area contributed by atoms with Gasteiger partial charge in [0.05, 0.1) is 0 Å². The Morgan fingerprint density at radius 3 is 2.63 bits per heavy atom. The van der Waals surface area contributed by atoms with Crippen molar-refractivity contribution < 1.29 is 9.90 Å². The van der Waals surface area contributed by atoms with Gasteiger partial charge >= 0.3 is 5.97 Å². The third-order valence-electron chi connectivity index (χ3n) is 2.95. The highest BCUT2D eigenvalue weighted by molar-refractivity contribution is 6.33. The van der Waals surface area contributed by atoms with Crippen LogP contribution < -0.4 is 0 Å². The predicted octanol–water partition coefficient (Wildman–Crippen LogP) is 4.22. The van der Waals surface area contributed by atoms with Crippen LogP contribution in [-0.2, 0) is 0 Å². The predicted molar refractivity (Wildman–Crippen MR) is 75.7 cm³/mol. The Morgan fingerprint density at radius 1 is 1.26 bits per heavy atom. The van der Waals surface area contributed by atoms with Crippen LogP contribution in [0, 0.1) is 0 Å². The maximum Gasteiger partial charge on any atom is 0.354 e. The molecule has 2 aromatic rings. The number of nitrogens with zero attached hydrogens (tertiary/aromatic N) is 1. The van der Waals surface area contributed by atoms with Gasteiger partial charge in [-0.3, -0.25) is 0 Å². The van der Waals surface area contributed by atoms with Gasteiger partial charge < -0.3 is 5.11 Å². The van der Waals surface area contributed by atoms with Crippen molar-refractivity contribution in [2.24, 2.45) is 0 Å². The summed E-state index contributed by atoms with van der Waals surface area (Å²) in [6.45, 7) is 4.20. The molecule has 98 valence electrons. The first kappa shape index (κ1) is 13.6. The average Bonchev–Trinajstić information content (AvgIpc) is 2.39. The maximum atomic E-state index is 10.9. The van der Waals surface area contributed by atoms with E-state index in [4.69, 9.17) is 16.7 Å². The SMILES string of the molecule is CC(C)c1ccc(Cl)c(-c2ccnc(C(=O)O)c2)c1. The lowest BCUT2D eigenvalue weighted by Crippen LogP contribution is -1.99. The summed E-state index contributed by atoms with van der Waals surface area (Å²) < 4.78 is 0. The van der Waals surface area contributed by atoms with Crippen LogP contribution in [0.3, 0.4) is 0 Å². The van der Waals surface area contributed by atoms with Crippen molar-refractivity contribution in [1.29, 1.82) is 0 Å². The van der Waals surface area contributed by atoms with E-state index in [0.29, 0.717) is 10.9 Å². The lowest BCUT2D eigenvalue weighted by atomic mass is 9.97. The molecule has 0 aliphatic heterocycles. The van der Waals surface area contributed by atoms with E-state index in [1.54, 1.807) is 6.07 Å². The largest absolute Gasteiger partial charge is 0.477 e. The highest BCUT2D eigenvalue weighted by Gasteiger charge is 2.10. The fraction of sp³-hybridized carbons (Fsp3) is 0.200. The molecule has 1 aromatic heterocycles. The van der Waals surface area contributed by atoms with E-state index in [0.717, 1.165) is 16.7 Å². The van der Waals surface area contributed by atoms with Gasteiger partial charge in [-0.05, 0) is 41.3 Å². The zero-order valence-corrected chi connectivity index (χ0v) is 11.5. The van der Waals surface area contributed by atoms with E-state index >= 15 is 0 Å². The lowest BCUT2D eigenvalue weighted by Gasteiger charge is -2.10. The van der Waals surface area contributed by atoms with Crippen LogP contribution in [0.5, 0.6) is 0 Å². The number of aromatic nitrogens is 1. The molecule has 0 bridgehead atoms. The van der Waals surface area contributed by atoms with Gasteiger partial charge in [-0.2, -0.15) is 0 Å². The highest BCUT2D eigenvalue weighted by Crippen LogP contribution is 2.31. The summed E-state index contributed by atoms with van der Waals surface area (Å²) in [5.41, 5.74) is 2.77. The van der Waals surface area contributed by atoms with Gasteiger partial charge in [0.15, 0.2) is 0 Å². The standard InChI is InChI=1S/C15H14ClNO2/c1-9(2)10-3-4-13(16)12(7-10)11-5-6-17-14(8-11)15(18)19/h3-9H,1-2H3,(H,18,19). The third-order valence-corrected chi connectivity index (χ3v) is 3.28. The number of carboxylic acid groups (broad SMARTS) is 1. The summed E-state index contributed by atoms with van der Waals surface area (Å²) in [6, 6.07) is 9.11. The maximum absolute atomic E-state index is 10.9. The number of benzene rings is 1. The number of carboxylic acids is 1. The van der Waals surface area contributed by atoms with Crippen LogP contribution in [0.25, 0.3) is 11.1 Å². The Balaban J connectivity index is 2.54. The summed E-state index contributed by atoms with van der Waals surface area (Å²) in [5.74, 6) is -0.658. The van der Waals surface area contributed by atoms with E-state index in [2.05, 4.69) is 18.8 Å². The van der Waals surface area contributed by atoms with Gasteiger partial charge in [-0.15, -0.1) is 0 Å². The number of pyridine rings is 1. The fourth-order valence-corrected chi connectivity index (χ4v) is 2.06. The molecule has 0 saturated heterocycles. The summed E-state index contributed by atoms with van der Waals surface area (Å²) in [4.78, 5) is 14.8. The molecule has 0 fully saturated rings. The Kier molecular flexibility index (Phi) is 3.86. The zero-order valence-electron chi connectivity index (χ0n) is 10.7. The first-order chi connectivity index (χ1) is 8.99. The topological polar surface area (TPSA) is 50.2 Å². The second kappa shape index (κ2) is 5.41. The summed E-state index contributed by atoms with van der Waals surface area (Å²) in [6.07, 6.45) is 1.48. The molecular formula is C15H14ClNO2. The van der Waals surface area contributed by atoms with E-state index < -0.39 is 5.97 Å². The van der Waals surface area contributed by atoms with Crippen molar-refractivity contribution in [3.8, 4) is 11.1 Å². The van der Waals surface area contributed by atoms with Crippen molar-refractivity contribution >= 4 is 17.6 Å². The van der Waals surface area contributed by atoms with Crippen molar-refractivity contribution in [3.63, 3.8) is 0 Å². The van der Waals surface area contributed by atoms with E-state index in [1.165, 1.54) is 12.3 Å². The molecule has 1 heterocycles. The van der Waals surface area contributed by atoms with Crippen molar-refractivity contribution in [2.75, 3.05) is 0 Å². The second-order valence-electron chi connectivity index (χ2n) is 4.63. The number of rotatable bonds is 3. The van der Waals surface area contributed by atoms with Gasteiger partial charge in [-0.1, -0.05) is 31.5 Å². The number of carbonyl (C=O) groups is 1. The molecule has 4 heteroatoms. The number of halogens is 1. The number of hydrogen-bond acceptors (Lipinski definition) is 2. The van der Waals surface area contributed by atoms with Crippen LogP contribution in [0.4, 0.5) is 0 Å². The van der Waals surface area contributed by atoms with Crippen molar-refractivity contribution in [1.82, 2.24) is 4.98 Å². The Hall–Kier alpha value is -1.87. The molecular weight excluding hydrogens is 262 g/mol. The molecule has 1 aromatic carbocycles. The van der Waals surface area contributed by atoms with Crippen LogP contribution in [0.2, 0.25) is 5.02 Å². The Morgan fingerprint density at radius 2 is 2.00 bits per heavy atom. The van der Waals surface area contributed by atoms with E-state index in [-0.39, 0.29) is 5.69 Å². The monoisotopic (exact) mass is 275 g/mol. The van der Waals surface area contributed by atoms with E-state index in [9.17, 15) is 4.79 Å². The van der Waals surface area contributed by atoms with Crippen molar-refractivity contribution in [3.05, 3.63) is 52.8 Å². The summed E-state index contributed by atoms with van der Waals surface area (Å²) in [5, 5.41) is 9.58. The molecule has 2 rings (SSSR count). The van der Waals surface area contributed by atoms with Gasteiger partial charge in [0, 0.05) is 16.8 Å². The molecule has 0 aliphatic carbocycles. The van der Waals surface area contributed by atoms with Gasteiger partial charge in [0.1, 0.15) is 5.69 Å². The molecule has 0 atom stereocenters. The molecule has 0 unspecified atom stereocenters. The molecule has 0 amide bonds. The minimum atomic E-state index is -1.04. The third kappa shape index (κ3) is 2.93. The molecule has 3 nitrogen and oxygen atoms in total. The van der Waals surface area contributed by atoms with E-state index in [1.807, 2.05) is 18.2 Å². The molecule has 0 spiro atoms. The smallest absolute Gasteiger partial charge is 0.354 e. The zero-order chi connectivity index (χ0) is 14.0. The molecule has 0 saturated carbocycles. The first-order valence-electron chi connectivity index (χ1n) is 5.98. The van der Waals surface area contributed by atoms with Crippen LogP contribution in [-0.4, -0.2) is 16.1 Å². The minimum Gasteiger partial charge on any atom is -0.477 e. The normalized spacial score (nSPS) is 10.7. The first-order valence-corrected chi connectivity index (χ1v) is 6.36. The van der Waals surface area contributed by atoms with Crippen LogP contribution in [0.15, 0.2) is 36.5 Å². The molecule has 0 radical (unpaired) electrons. The minimum absolute atomic E-state index is 0.0171. The average molecular weight is 276 g/mol. The lowest BCUT2D eigenvalue weighted by molar-refractivity contribution is 0.0690. The number of aromatic carboxylic acids is 1. The number of hydrogen-bond donors (Lipinski definition) is 1. The second-order valence-corrected chi connectivity index (χ2v) is 5.04. The summed E-state index contributed by atoms with van der Waals surface area (Å²) in [7, 11) is 0. The van der Waals surface area contributed by atoms with Gasteiger partial charge in [0.25, 0.3) is 0 Å². The summed E-state index contributed by atoms with van der Waals surface area (Å²) >= 11 is 6.20. The fourth-order valence-electron chi connectivity index (χ4n) is 1.84. The molecule has 19 heavy (non-hydrogen) atoms. The van der Waals surface area contributed by atoms with Crippen molar-refractivity contribution in [2.45, 2.75) is 19.8 Å². The molecule has 0 aliphatic rings. The molecule has 1 N–H and O–H groups in total. The van der Waals surface area contributed by atoms with Crippen LogP contribution in [0.1, 0.15) is 35.8 Å². The van der Waals surface area contributed by atoms with Gasteiger partial charge in [-0.25, -0.2) is 9.78 Å². The Labute approximate surface area is 116 Å². The van der Waals surface area contributed by atoms with Gasteiger partial charge in [0.2, 0.25) is 0 Å². The highest BCUT2D eigenvalue weighted by atomic mass is 35.5. The van der Waals surface area contributed by atoms with Crippen LogP contribution >= 0.6 is 11.6 Å². The Bertz CT molecular complexity index is 623.